The van der Waals surface area contributed by atoms with E-state index in [1.807, 2.05) is 0 Å². The standard InChI is InChI=1S/C5H5ClN2OS/c1-8-5(9)2-4(10-6)3-7-8/h2-3H,1H3. The number of aromatic nitrogens is 2. The molecule has 0 N–H and O–H groups in total. The summed E-state index contributed by atoms with van der Waals surface area (Å²) in [5, 5.41) is 3.75. The Balaban J connectivity index is 3.17. The lowest BCUT2D eigenvalue weighted by Crippen LogP contribution is -2.17. The highest BCUT2D eigenvalue weighted by molar-refractivity contribution is 8.21. The first kappa shape index (κ1) is 7.63. The first-order valence-corrected chi connectivity index (χ1v) is 4.20. The normalized spacial score (nSPS) is 9.80. The van der Waals surface area contributed by atoms with E-state index in [-0.39, 0.29) is 5.56 Å². The minimum Gasteiger partial charge on any atom is -0.268 e. The SMILES string of the molecule is Cn1ncc(SCl)cc1=O. The molecule has 0 spiro atoms. The van der Waals surface area contributed by atoms with E-state index in [2.05, 4.69) is 5.10 Å². The van der Waals surface area contributed by atoms with Gasteiger partial charge in [-0.25, -0.2) is 4.68 Å². The first-order chi connectivity index (χ1) is 4.74. The Kier molecular flexibility index (Phi) is 2.34. The smallest absolute Gasteiger partial charge is 0.267 e. The summed E-state index contributed by atoms with van der Waals surface area (Å²) in [5.41, 5.74) is -0.148. The second-order valence-corrected chi connectivity index (χ2v) is 2.82. The lowest BCUT2D eigenvalue weighted by molar-refractivity contribution is 0.696. The van der Waals surface area contributed by atoms with Crippen LogP contribution in [-0.4, -0.2) is 9.78 Å². The van der Waals surface area contributed by atoms with Gasteiger partial charge in [0.25, 0.3) is 5.56 Å². The van der Waals surface area contributed by atoms with Crippen LogP contribution in [-0.2, 0) is 7.05 Å². The highest BCUT2D eigenvalue weighted by Crippen LogP contribution is 2.17. The van der Waals surface area contributed by atoms with Gasteiger partial charge in [0, 0.05) is 18.0 Å². The monoisotopic (exact) mass is 176 g/mol. The molecule has 5 heteroatoms. The lowest BCUT2D eigenvalue weighted by Gasteiger charge is -1.94. The van der Waals surface area contributed by atoms with Gasteiger partial charge in [-0.2, -0.15) is 5.10 Å². The van der Waals surface area contributed by atoms with Gasteiger partial charge in [-0.3, -0.25) is 4.79 Å². The molecule has 0 bridgehead atoms. The summed E-state index contributed by atoms with van der Waals surface area (Å²) in [4.78, 5) is 11.5. The zero-order valence-corrected chi connectivity index (χ0v) is 6.82. The van der Waals surface area contributed by atoms with Gasteiger partial charge in [-0.05, 0) is 21.7 Å². The van der Waals surface area contributed by atoms with Crippen LogP contribution in [0, 0.1) is 0 Å². The van der Waals surface area contributed by atoms with Gasteiger partial charge in [-0.1, -0.05) is 0 Å². The van der Waals surface area contributed by atoms with Crippen LogP contribution in [0.3, 0.4) is 0 Å². The van der Waals surface area contributed by atoms with E-state index < -0.39 is 0 Å². The average molecular weight is 177 g/mol. The Labute approximate surface area is 66.5 Å². The van der Waals surface area contributed by atoms with Crippen LogP contribution in [0.15, 0.2) is 22.0 Å². The molecule has 0 aliphatic carbocycles. The quantitative estimate of drug-likeness (QED) is 0.641. The van der Waals surface area contributed by atoms with E-state index in [9.17, 15) is 4.79 Å². The molecule has 0 saturated carbocycles. The van der Waals surface area contributed by atoms with Gasteiger partial charge in [-0.15, -0.1) is 0 Å². The summed E-state index contributed by atoms with van der Waals surface area (Å²) < 4.78 is 1.25. The molecular weight excluding hydrogens is 172 g/mol. The second kappa shape index (κ2) is 3.07. The van der Waals surface area contributed by atoms with Crippen molar-refractivity contribution in [1.82, 2.24) is 9.78 Å². The molecule has 0 amide bonds. The number of aryl methyl sites for hydroxylation is 1. The van der Waals surface area contributed by atoms with Gasteiger partial charge in [0.05, 0.1) is 6.20 Å². The molecule has 1 aromatic heterocycles. The number of nitrogens with zero attached hydrogens (tertiary/aromatic N) is 2. The molecule has 1 rings (SSSR count). The molecule has 0 fully saturated rings. The Morgan fingerprint density at radius 3 is 3.00 bits per heavy atom. The van der Waals surface area contributed by atoms with Crippen LogP contribution < -0.4 is 5.56 Å². The number of halogens is 1. The molecule has 54 valence electrons. The molecule has 3 nitrogen and oxygen atoms in total. The summed E-state index contributed by atoms with van der Waals surface area (Å²) >= 11 is 0. The Morgan fingerprint density at radius 1 is 1.80 bits per heavy atom. The molecule has 10 heavy (non-hydrogen) atoms. The van der Waals surface area contributed by atoms with Crippen LogP contribution in [0.1, 0.15) is 0 Å². The number of hydrogen-bond acceptors (Lipinski definition) is 3. The summed E-state index contributed by atoms with van der Waals surface area (Å²) in [5.74, 6) is 0. The highest BCUT2D eigenvalue weighted by Gasteiger charge is 1.93. The Hall–Kier alpha value is -0.480. The molecular formula is C5H5ClN2OS. The van der Waals surface area contributed by atoms with Crippen molar-refractivity contribution in [1.29, 1.82) is 0 Å². The van der Waals surface area contributed by atoms with Crippen molar-refractivity contribution in [3.63, 3.8) is 0 Å². The maximum Gasteiger partial charge on any atom is 0.267 e. The molecule has 0 atom stereocenters. The summed E-state index contributed by atoms with van der Waals surface area (Å²) in [6.07, 6.45) is 1.54. The molecule has 1 heterocycles. The number of hydrogen-bond donors (Lipinski definition) is 0. The van der Waals surface area contributed by atoms with E-state index in [1.54, 1.807) is 13.2 Å². The lowest BCUT2D eigenvalue weighted by atomic mass is 10.6. The largest absolute Gasteiger partial charge is 0.268 e. The fourth-order valence-electron chi connectivity index (χ4n) is 0.495. The third-order valence-corrected chi connectivity index (χ3v) is 1.97. The minimum atomic E-state index is -0.148. The molecule has 0 aliphatic heterocycles. The molecule has 0 unspecified atom stereocenters. The van der Waals surface area contributed by atoms with Gasteiger partial charge in [0.15, 0.2) is 0 Å². The van der Waals surface area contributed by atoms with Crippen LogP contribution in [0.2, 0.25) is 0 Å². The minimum absolute atomic E-state index is 0.148. The third kappa shape index (κ3) is 1.52. The fraction of sp³-hybridized carbons (Fsp3) is 0.200. The maximum absolute atomic E-state index is 10.8. The van der Waals surface area contributed by atoms with E-state index in [0.717, 1.165) is 11.0 Å². The van der Waals surface area contributed by atoms with Crippen LogP contribution in [0.5, 0.6) is 0 Å². The van der Waals surface area contributed by atoms with Crippen molar-refractivity contribution < 1.29 is 0 Å². The second-order valence-electron chi connectivity index (χ2n) is 1.73. The van der Waals surface area contributed by atoms with Gasteiger partial charge in [0.1, 0.15) is 0 Å². The Bertz CT molecular complexity index is 285. The van der Waals surface area contributed by atoms with Gasteiger partial charge >= 0.3 is 0 Å². The van der Waals surface area contributed by atoms with Crippen LogP contribution in [0.4, 0.5) is 0 Å². The summed E-state index contributed by atoms with van der Waals surface area (Å²) in [6, 6.07) is 1.44. The van der Waals surface area contributed by atoms with Crippen LogP contribution >= 0.6 is 21.7 Å². The van der Waals surface area contributed by atoms with Gasteiger partial charge in [0.2, 0.25) is 0 Å². The third-order valence-electron chi connectivity index (χ3n) is 1.03. The zero-order valence-electron chi connectivity index (χ0n) is 5.24. The molecule has 1 aromatic rings. The molecule has 0 aliphatic rings. The van der Waals surface area contributed by atoms with Crippen molar-refractivity contribution in [2.24, 2.45) is 7.05 Å². The van der Waals surface area contributed by atoms with Crippen molar-refractivity contribution in [3.05, 3.63) is 22.6 Å². The van der Waals surface area contributed by atoms with E-state index in [1.165, 1.54) is 10.7 Å². The van der Waals surface area contributed by atoms with Crippen molar-refractivity contribution in [2.45, 2.75) is 4.90 Å². The fourth-order valence-corrected chi connectivity index (χ4v) is 0.980. The van der Waals surface area contributed by atoms with Crippen LogP contribution in [0.25, 0.3) is 0 Å². The summed E-state index contributed by atoms with van der Waals surface area (Å²) in [6.45, 7) is 0. The highest BCUT2D eigenvalue weighted by atomic mass is 35.7. The number of rotatable bonds is 1. The zero-order chi connectivity index (χ0) is 7.56. The molecule has 0 saturated heterocycles. The predicted octanol–water partition coefficient (Wildman–Crippen LogP) is 1.03. The average Bonchev–Trinajstić information content (AvgIpc) is 1.95. The van der Waals surface area contributed by atoms with Crippen molar-refractivity contribution in [3.8, 4) is 0 Å². The van der Waals surface area contributed by atoms with E-state index in [4.69, 9.17) is 10.7 Å². The molecule has 0 aromatic carbocycles. The first-order valence-electron chi connectivity index (χ1n) is 2.56. The molecule has 0 radical (unpaired) electrons. The van der Waals surface area contributed by atoms with E-state index in [0.29, 0.717) is 4.90 Å². The maximum atomic E-state index is 10.8. The van der Waals surface area contributed by atoms with Crippen molar-refractivity contribution >= 4 is 21.7 Å². The topological polar surface area (TPSA) is 34.9 Å². The van der Waals surface area contributed by atoms with Gasteiger partial charge < -0.3 is 0 Å². The summed E-state index contributed by atoms with van der Waals surface area (Å²) in [7, 11) is 7.96. The Morgan fingerprint density at radius 2 is 2.50 bits per heavy atom. The predicted molar refractivity (Wildman–Crippen MR) is 41.2 cm³/mol. The van der Waals surface area contributed by atoms with E-state index >= 15 is 0 Å². The van der Waals surface area contributed by atoms with Crippen molar-refractivity contribution in [2.75, 3.05) is 0 Å².